The standard InChI is InChI=1S/C50H32N4/c1-4-16-35(17-5-1)45-32-44(40-26-14-22-33-15-10-11-23-39(33)40)47-42-25-13-12-24-41(42)43(31-46(47)51-45)34-27-29-38(30-28-34)50-53-48(36-18-6-2-7-19-36)52-49(54-50)37-20-8-3-9-21-37/h1-32H. The van der Waals surface area contributed by atoms with E-state index in [1.807, 2.05) is 66.7 Å². The fraction of sp³-hybridized carbons (Fsp3) is 0. The van der Waals surface area contributed by atoms with Crippen molar-refractivity contribution >= 4 is 32.4 Å². The summed E-state index contributed by atoms with van der Waals surface area (Å²) in [6.07, 6.45) is 0. The number of rotatable bonds is 6. The van der Waals surface area contributed by atoms with Crippen LogP contribution in [0.4, 0.5) is 0 Å². The summed E-state index contributed by atoms with van der Waals surface area (Å²) in [5, 5.41) is 5.92. The Labute approximate surface area is 313 Å². The lowest BCUT2D eigenvalue weighted by Crippen LogP contribution is -2.00. The van der Waals surface area contributed by atoms with Crippen molar-refractivity contribution in [2.75, 3.05) is 0 Å². The molecule has 10 rings (SSSR count). The number of hydrogen-bond acceptors (Lipinski definition) is 4. The molecule has 0 amide bonds. The van der Waals surface area contributed by atoms with Gasteiger partial charge in [0.15, 0.2) is 17.5 Å². The van der Waals surface area contributed by atoms with E-state index in [1.165, 1.54) is 32.7 Å². The summed E-state index contributed by atoms with van der Waals surface area (Å²) in [7, 11) is 0. The smallest absolute Gasteiger partial charge is 0.164 e. The SMILES string of the molecule is c1ccc(-c2cc(-c3cccc4ccccc34)c3c(cc(-c4ccc(-c5nc(-c6ccccc6)nc(-c6ccccc6)n5)cc4)c4ccccc43)n2)cc1. The fourth-order valence-electron chi connectivity index (χ4n) is 7.51. The highest BCUT2D eigenvalue weighted by Crippen LogP contribution is 2.42. The van der Waals surface area contributed by atoms with Crippen LogP contribution in [0.15, 0.2) is 194 Å². The molecule has 252 valence electrons. The van der Waals surface area contributed by atoms with Crippen molar-refractivity contribution in [2.45, 2.75) is 0 Å². The summed E-state index contributed by atoms with van der Waals surface area (Å²) in [5.41, 5.74) is 10.4. The molecule has 0 N–H and O–H groups in total. The van der Waals surface area contributed by atoms with Gasteiger partial charge in [-0.1, -0.05) is 182 Å². The second-order valence-corrected chi connectivity index (χ2v) is 13.4. The molecule has 54 heavy (non-hydrogen) atoms. The van der Waals surface area contributed by atoms with Gasteiger partial charge in [0.1, 0.15) is 0 Å². The molecule has 8 aromatic carbocycles. The van der Waals surface area contributed by atoms with Crippen LogP contribution in [0.3, 0.4) is 0 Å². The van der Waals surface area contributed by atoms with Crippen LogP contribution in [0.5, 0.6) is 0 Å². The molecule has 0 saturated carbocycles. The second-order valence-electron chi connectivity index (χ2n) is 13.4. The third-order valence-electron chi connectivity index (χ3n) is 10.1. The zero-order valence-corrected chi connectivity index (χ0v) is 29.3. The number of aromatic nitrogens is 4. The Hall–Kier alpha value is -7.30. The molecular formula is C50H32N4. The molecule has 0 saturated heterocycles. The Morgan fingerprint density at radius 1 is 0.278 bits per heavy atom. The lowest BCUT2D eigenvalue weighted by atomic mass is 9.89. The first-order valence-corrected chi connectivity index (χ1v) is 18.1. The van der Waals surface area contributed by atoms with Gasteiger partial charge in [0, 0.05) is 27.6 Å². The summed E-state index contributed by atoms with van der Waals surface area (Å²) in [4.78, 5) is 20.2. The summed E-state index contributed by atoms with van der Waals surface area (Å²) in [6, 6.07) is 67.6. The molecule has 0 radical (unpaired) electrons. The van der Waals surface area contributed by atoms with E-state index in [9.17, 15) is 0 Å². The number of fused-ring (bicyclic) bond motifs is 4. The van der Waals surface area contributed by atoms with Crippen LogP contribution in [0, 0.1) is 0 Å². The van der Waals surface area contributed by atoms with E-state index in [0.717, 1.165) is 50.0 Å². The summed E-state index contributed by atoms with van der Waals surface area (Å²) >= 11 is 0. The third-order valence-corrected chi connectivity index (χ3v) is 10.1. The minimum absolute atomic E-state index is 0.631. The Bertz CT molecular complexity index is 2900. The van der Waals surface area contributed by atoms with Gasteiger partial charge >= 0.3 is 0 Å². The van der Waals surface area contributed by atoms with Gasteiger partial charge in [-0.2, -0.15) is 0 Å². The first-order chi connectivity index (χ1) is 26.8. The molecule has 0 aliphatic carbocycles. The highest BCUT2D eigenvalue weighted by atomic mass is 15.0. The molecule has 4 nitrogen and oxygen atoms in total. The molecule has 0 aliphatic heterocycles. The topological polar surface area (TPSA) is 51.6 Å². The lowest BCUT2D eigenvalue weighted by molar-refractivity contribution is 1.07. The Morgan fingerprint density at radius 2 is 0.759 bits per heavy atom. The van der Waals surface area contributed by atoms with E-state index < -0.39 is 0 Å². The van der Waals surface area contributed by atoms with Crippen LogP contribution in [-0.2, 0) is 0 Å². The zero-order chi connectivity index (χ0) is 35.8. The quantitative estimate of drug-likeness (QED) is 0.163. The van der Waals surface area contributed by atoms with Crippen LogP contribution in [0.25, 0.3) is 100 Å². The van der Waals surface area contributed by atoms with Crippen LogP contribution in [0.2, 0.25) is 0 Å². The maximum atomic E-state index is 5.36. The van der Waals surface area contributed by atoms with Gasteiger partial charge in [-0.3, -0.25) is 0 Å². The zero-order valence-electron chi connectivity index (χ0n) is 29.3. The van der Waals surface area contributed by atoms with E-state index in [1.54, 1.807) is 0 Å². The van der Waals surface area contributed by atoms with Gasteiger partial charge in [0.25, 0.3) is 0 Å². The highest BCUT2D eigenvalue weighted by Gasteiger charge is 2.18. The summed E-state index contributed by atoms with van der Waals surface area (Å²) < 4.78 is 0. The molecule has 0 fully saturated rings. The molecule has 10 aromatic rings. The maximum absolute atomic E-state index is 5.36. The Kier molecular flexibility index (Phi) is 7.77. The van der Waals surface area contributed by atoms with Crippen molar-refractivity contribution in [3.05, 3.63) is 194 Å². The van der Waals surface area contributed by atoms with Gasteiger partial charge in [0.2, 0.25) is 0 Å². The first-order valence-electron chi connectivity index (χ1n) is 18.1. The predicted octanol–water partition coefficient (Wildman–Crippen LogP) is 12.7. The number of nitrogens with zero attached hydrogens (tertiary/aromatic N) is 4. The van der Waals surface area contributed by atoms with Gasteiger partial charge < -0.3 is 0 Å². The molecule has 0 bridgehead atoms. The van der Waals surface area contributed by atoms with Crippen LogP contribution in [-0.4, -0.2) is 19.9 Å². The van der Waals surface area contributed by atoms with Crippen molar-refractivity contribution in [3.8, 4) is 67.7 Å². The van der Waals surface area contributed by atoms with E-state index in [2.05, 4.69) is 127 Å². The van der Waals surface area contributed by atoms with Crippen LogP contribution in [0.1, 0.15) is 0 Å². The average Bonchev–Trinajstić information content (AvgIpc) is 3.26. The van der Waals surface area contributed by atoms with Crippen molar-refractivity contribution in [2.24, 2.45) is 0 Å². The highest BCUT2D eigenvalue weighted by molar-refractivity contribution is 6.20. The van der Waals surface area contributed by atoms with E-state index in [0.29, 0.717) is 17.5 Å². The van der Waals surface area contributed by atoms with Gasteiger partial charge in [0.05, 0.1) is 11.2 Å². The largest absolute Gasteiger partial charge is 0.248 e. The van der Waals surface area contributed by atoms with Crippen molar-refractivity contribution < 1.29 is 0 Å². The first kappa shape index (κ1) is 31.4. The molecule has 4 heteroatoms. The average molecular weight is 689 g/mol. The minimum atomic E-state index is 0.631. The molecule has 2 aromatic heterocycles. The van der Waals surface area contributed by atoms with Crippen molar-refractivity contribution in [1.29, 1.82) is 0 Å². The van der Waals surface area contributed by atoms with Gasteiger partial charge in [-0.25, -0.2) is 19.9 Å². The third kappa shape index (κ3) is 5.67. The summed E-state index contributed by atoms with van der Waals surface area (Å²) in [5.74, 6) is 1.92. The fourth-order valence-corrected chi connectivity index (χ4v) is 7.51. The second kappa shape index (κ2) is 13.4. The Balaban J connectivity index is 1.16. The van der Waals surface area contributed by atoms with Crippen molar-refractivity contribution in [3.63, 3.8) is 0 Å². The molecule has 0 unspecified atom stereocenters. The van der Waals surface area contributed by atoms with Gasteiger partial charge in [-0.05, 0) is 55.9 Å². The summed E-state index contributed by atoms with van der Waals surface area (Å²) in [6.45, 7) is 0. The van der Waals surface area contributed by atoms with E-state index in [-0.39, 0.29) is 0 Å². The normalized spacial score (nSPS) is 11.3. The lowest BCUT2D eigenvalue weighted by Gasteiger charge is -2.17. The molecule has 0 spiro atoms. The maximum Gasteiger partial charge on any atom is 0.164 e. The van der Waals surface area contributed by atoms with Crippen LogP contribution >= 0.6 is 0 Å². The molecular weight excluding hydrogens is 657 g/mol. The predicted molar refractivity (Wildman–Crippen MR) is 223 cm³/mol. The van der Waals surface area contributed by atoms with Crippen molar-refractivity contribution in [1.82, 2.24) is 19.9 Å². The molecule has 2 heterocycles. The van der Waals surface area contributed by atoms with E-state index in [4.69, 9.17) is 19.9 Å². The minimum Gasteiger partial charge on any atom is -0.248 e. The molecule has 0 aliphatic rings. The van der Waals surface area contributed by atoms with Crippen LogP contribution < -0.4 is 0 Å². The van der Waals surface area contributed by atoms with E-state index >= 15 is 0 Å². The Morgan fingerprint density at radius 3 is 1.39 bits per heavy atom. The number of pyridine rings is 1. The number of benzene rings is 8. The number of hydrogen-bond donors (Lipinski definition) is 0. The molecule has 0 atom stereocenters. The van der Waals surface area contributed by atoms with Gasteiger partial charge in [-0.15, -0.1) is 0 Å². The monoisotopic (exact) mass is 688 g/mol.